The normalized spacial score (nSPS) is 12.3. The summed E-state index contributed by atoms with van der Waals surface area (Å²) in [6.45, 7) is 0. The molecule has 0 aliphatic rings. The first-order valence-corrected chi connectivity index (χ1v) is 13.0. The maximum Gasteiger partial charge on any atom is 0.296 e. The summed E-state index contributed by atoms with van der Waals surface area (Å²) < 4.78 is 93.9. The third-order valence-corrected chi connectivity index (χ3v) is 7.30. The average Bonchev–Trinajstić information content (AvgIpc) is 2.71. The topological polar surface area (TPSA) is 163 Å². The molecular weight excluding hydrogens is 480 g/mol. The summed E-state index contributed by atoms with van der Waals surface area (Å²) in [6.07, 6.45) is 0. The van der Waals surface area contributed by atoms with Crippen molar-refractivity contribution in [2.75, 3.05) is 0 Å². The summed E-state index contributed by atoms with van der Waals surface area (Å²) in [5.41, 5.74) is 0. The van der Waals surface area contributed by atoms with Gasteiger partial charge in [-0.3, -0.25) is 13.7 Å². The maximum atomic E-state index is 11.3. The van der Waals surface area contributed by atoms with E-state index in [2.05, 4.69) is 0 Å². The van der Waals surface area contributed by atoms with Gasteiger partial charge in [0.25, 0.3) is 30.4 Å². The number of fused-ring (bicyclic) bond motifs is 2. The van der Waals surface area contributed by atoms with Gasteiger partial charge in [-0.25, -0.2) is 0 Å². The monoisotopic (exact) mass is 496 g/mol. The van der Waals surface area contributed by atoms with E-state index in [1.54, 1.807) is 42.5 Å². The Balaban J connectivity index is 0.000000186. The summed E-state index contributed by atoms with van der Waals surface area (Å²) in [7, 11) is -13.7. The van der Waals surface area contributed by atoms with Gasteiger partial charge in [-0.05, 0) is 22.9 Å². The Morgan fingerprint density at radius 1 is 0.438 bits per heavy atom. The summed E-state index contributed by atoms with van der Waals surface area (Å²) in [6, 6.07) is 20.1. The lowest BCUT2D eigenvalue weighted by atomic mass is 10.1. The molecule has 32 heavy (non-hydrogen) atoms. The highest BCUT2D eigenvalue weighted by atomic mass is 32.2. The first kappa shape index (κ1) is 23.8. The Bertz CT molecular complexity index is 1640. The smallest absolute Gasteiger partial charge is 0.282 e. The van der Waals surface area contributed by atoms with Crippen LogP contribution in [-0.2, 0) is 30.4 Å². The highest BCUT2D eigenvalue weighted by molar-refractivity contribution is 7.89. The molecule has 0 saturated heterocycles. The van der Waals surface area contributed by atoms with E-state index in [-0.39, 0.29) is 10.3 Å². The number of hydrogen-bond donors (Lipinski definition) is 3. The molecule has 0 aliphatic heterocycles. The van der Waals surface area contributed by atoms with E-state index in [9.17, 15) is 25.3 Å². The molecule has 12 heteroatoms. The molecule has 0 atom stereocenters. The fourth-order valence-electron chi connectivity index (χ4n) is 3.11. The molecule has 0 fully saturated rings. The third kappa shape index (κ3) is 5.12. The van der Waals surface area contributed by atoms with Crippen LogP contribution in [0.2, 0.25) is 0 Å². The van der Waals surface area contributed by atoms with Crippen LogP contribution in [0.25, 0.3) is 21.5 Å². The van der Waals surface area contributed by atoms with Crippen LogP contribution >= 0.6 is 0 Å². The van der Waals surface area contributed by atoms with Gasteiger partial charge in [-0.15, -0.1) is 0 Å². The zero-order valence-electron chi connectivity index (χ0n) is 16.0. The Kier molecular flexibility index (Phi) is 6.38. The minimum atomic E-state index is -4.78. The summed E-state index contributed by atoms with van der Waals surface area (Å²) >= 11 is 0. The Hall–Kier alpha value is -2.87. The maximum absolute atomic E-state index is 11.3. The predicted molar refractivity (Wildman–Crippen MR) is 117 cm³/mol. The van der Waals surface area contributed by atoms with Crippen molar-refractivity contribution in [2.24, 2.45) is 0 Å². The molecule has 0 unspecified atom stereocenters. The second kappa shape index (κ2) is 8.58. The highest BCUT2D eigenvalue weighted by Gasteiger charge is 2.26. The van der Waals surface area contributed by atoms with Crippen LogP contribution in [0.3, 0.4) is 0 Å². The fourth-order valence-corrected chi connectivity index (χ4v) is 5.83. The van der Waals surface area contributed by atoms with Crippen molar-refractivity contribution in [2.45, 2.75) is 14.7 Å². The fraction of sp³-hybridized carbons (Fsp3) is 0. The summed E-state index contributed by atoms with van der Waals surface area (Å²) in [5, 5.41) is 1.78. The quantitative estimate of drug-likeness (QED) is 0.361. The zero-order chi connectivity index (χ0) is 23.7. The molecule has 0 saturated carbocycles. The van der Waals surface area contributed by atoms with Gasteiger partial charge in [-0.2, -0.15) is 25.3 Å². The SMILES string of the molecule is O=S(=O)(O)c1ccc2ccccc2c1S(=O)(=O)O.O=S(=O)(O)c1cccc2ccccc12. The van der Waals surface area contributed by atoms with E-state index in [0.717, 1.165) is 11.5 Å². The van der Waals surface area contributed by atoms with Gasteiger partial charge < -0.3 is 0 Å². The van der Waals surface area contributed by atoms with Gasteiger partial charge in [0.2, 0.25) is 0 Å². The second-order valence-electron chi connectivity index (χ2n) is 6.52. The van der Waals surface area contributed by atoms with Crippen LogP contribution in [-0.4, -0.2) is 38.9 Å². The number of hydrogen-bond acceptors (Lipinski definition) is 6. The molecular formula is C20H16O9S3. The third-order valence-electron chi connectivity index (χ3n) is 4.41. The van der Waals surface area contributed by atoms with Crippen molar-refractivity contribution in [3.63, 3.8) is 0 Å². The van der Waals surface area contributed by atoms with E-state index >= 15 is 0 Å². The van der Waals surface area contributed by atoms with Crippen molar-refractivity contribution >= 4 is 51.9 Å². The lowest BCUT2D eigenvalue weighted by molar-refractivity contribution is 0.467. The molecule has 0 aliphatic carbocycles. The lowest BCUT2D eigenvalue weighted by Crippen LogP contribution is -2.09. The highest BCUT2D eigenvalue weighted by Crippen LogP contribution is 2.29. The molecule has 4 aromatic carbocycles. The van der Waals surface area contributed by atoms with E-state index in [1.165, 1.54) is 24.3 Å². The summed E-state index contributed by atoms with van der Waals surface area (Å²) in [4.78, 5) is -1.71. The molecule has 0 radical (unpaired) electrons. The van der Waals surface area contributed by atoms with E-state index in [1.807, 2.05) is 6.07 Å². The van der Waals surface area contributed by atoms with Gasteiger partial charge in [0.05, 0.1) is 0 Å². The zero-order valence-corrected chi connectivity index (χ0v) is 18.5. The average molecular weight is 497 g/mol. The van der Waals surface area contributed by atoms with Crippen LogP contribution in [0.4, 0.5) is 0 Å². The first-order valence-electron chi connectivity index (χ1n) is 8.72. The molecule has 0 aromatic heterocycles. The minimum absolute atomic E-state index is 0.0233. The molecule has 0 heterocycles. The van der Waals surface area contributed by atoms with Gasteiger partial charge in [-0.1, -0.05) is 66.7 Å². The summed E-state index contributed by atoms with van der Waals surface area (Å²) in [5.74, 6) is 0. The van der Waals surface area contributed by atoms with Crippen molar-refractivity contribution in [3.05, 3.63) is 78.9 Å². The molecule has 4 aromatic rings. The van der Waals surface area contributed by atoms with Crippen LogP contribution in [0.15, 0.2) is 93.5 Å². The van der Waals surface area contributed by atoms with Gasteiger partial charge >= 0.3 is 0 Å². The van der Waals surface area contributed by atoms with Crippen LogP contribution < -0.4 is 0 Å². The Morgan fingerprint density at radius 2 is 0.906 bits per heavy atom. The molecule has 0 spiro atoms. The van der Waals surface area contributed by atoms with Crippen molar-refractivity contribution in [3.8, 4) is 0 Å². The Labute approximate surface area is 184 Å². The molecule has 9 nitrogen and oxygen atoms in total. The molecule has 3 N–H and O–H groups in total. The second-order valence-corrected chi connectivity index (χ2v) is 10.7. The van der Waals surface area contributed by atoms with Gasteiger partial charge in [0.15, 0.2) is 0 Å². The largest absolute Gasteiger partial charge is 0.296 e. The number of benzene rings is 4. The standard InChI is InChI=1S/C10H8O6S2.C10H8O3S/c11-17(12,13)9-6-5-7-3-1-2-4-8(7)10(9)18(14,15)16;11-14(12,13)10-7-3-5-8-4-1-2-6-9(8)10/h1-6H,(H,11,12,13)(H,14,15,16);1-7H,(H,11,12,13). The van der Waals surface area contributed by atoms with E-state index in [0.29, 0.717) is 10.8 Å². The predicted octanol–water partition coefficient (Wildman–Crippen LogP) is 3.42. The molecule has 4 rings (SSSR count). The van der Waals surface area contributed by atoms with Crippen LogP contribution in [0.5, 0.6) is 0 Å². The van der Waals surface area contributed by atoms with E-state index in [4.69, 9.17) is 13.7 Å². The van der Waals surface area contributed by atoms with Gasteiger partial charge in [0.1, 0.15) is 14.7 Å². The Morgan fingerprint density at radius 3 is 1.44 bits per heavy atom. The minimum Gasteiger partial charge on any atom is -0.282 e. The molecule has 0 amide bonds. The first-order chi connectivity index (χ1) is 14.8. The molecule has 168 valence electrons. The number of rotatable bonds is 3. The van der Waals surface area contributed by atoms with Crippen molar-refractivity contribution in [1.82, 2.24) is 0 Å². The molecule has 0 bridgehead atoms. The lowest BCUT2D eigenvalue weighted by Gasteiger charge is -2.08. The van der Waals surface area contributed by atoms with Gasteiger partial charge in [0, 0.05) is 10.8 Å². The van der Waals surface area contributed by atoms with E-state index < -0.39 is 40.1 Å². The van der Waals surface area contributed by atoms with Crippen molar-refractivity contribution < 1.29 is 38.9 Å². The van der Waals surface area contributed by atoms with Crippen LogP contribution in [0.1, 0.15) is 0 Å². The van der Waals surface area contributed by atoms with Crippen molar-refractivity contribution in [1.29, 1.82) is 0 Å². The van der Waals surface area contributed by atoms with Crippen LogP contribution in [0, 0.1) is 0 Å².